The standard InChI is InChI=1S/C44H51N3O3/c1-40-18-15-34(48)28-42(40)21-22-44(35(29-42)39(49)33-13-11-32(12-14-33)31-8-4-3-5-9-31)36(40)16-19-41(2)37(44)17-20-43(41,50)30-46-24-26-47(27-25-46)38-10-6-7-23-45-38/h3-14,21-23,29,34,36-37,48,50H,15-20,24-28,30H2,1-2H3. The fraction of sp³-hybridized carbons (Fsp3) is 0.500. The summed E-state index contributed by atoms with van der Waals surface area (Å²) in [6.45, 7) is 9.09. The first-order chi connectivity index (χ1) is 24.1. The Balaban J connectivity index is 1.06. The van der Waals surface area contributed by atoms with Gasteiger partial charge in [0.05, 0.1) is 11.7 Å². The van der Waals surface area contributed by atoms with Gasteiger partial charge in [-0.25, -0.2) is 4.98 Å². The van der Waals surface area contributed by atoms with E-state index in [1.165, 1.54) is 0 Å². The number of aliphatic hydroxyl groups excluding tert-OH is 1. The van der Waals surface area contributed by atoms with E-state index in [1.807, 2.05) is 48.7 Å². The Morgan fingerprint density at radius 1 is 0.800 bits per heavy atom. The van der Waals surface area contributed by atoms with Crippen molar-refractivity contribution in [2.24, 2.45) is 33.5 Å². The summed E-state index contributed by atoms with van der Waals surface area (Å²) in [5.41, 5.74) is 1.92. The average Bonchev–Trinajstić information content (AvgIpc) is 3.42. The van der Waals surface area contributed by atoms with Gasteiger partial charge in [-0.2, -0.15) is 0 Å². The van der Waals surface area contributed by atoms with Crippen LogP contribution in [0, 0.1) is 33.5 Å². The van der Waals surface area contributed by atoms with Crippen LogP contribution in [0.4, 0.5) is 5.82 Å². The summed E-state index contributed by atoms with van der Waals surface area (Å²) in [7, 11) is 0. The molecule has 8 unspecified atom stereocenters. The second kappa shape index (κ2) is 11.5. The average molecular weight is 670 g/mol. The normalized spacial score (nSPS) is 39.0. The molecule has 2 heterocycles. The molecule has 1 aliphatic heterocycles. The number of benzene rings is 2. The molecule has 6 heteroatoms. The monoisotopic (exact) mass is 669 g/mol. The van der Waals surface area contributed by atoms with Gasteiger partial charge >= 0.3 is 0 Å². The minimum Gasteiger partial charge on any atom is -0.393 e. The number of rotatable bonds is 6. The van der Waals surface area contributed by atoms with E-state index in [0.29, 0.717) is 18.9 Å². The number of anilines is 1. The first-order valence-corrected chi connectivity index (χ1v) is 19.0. The quantitative estimate of drug-likeness (QED) is 0.211. The molecule has 7 aliphatic rings. The molecule has 6 aliphatic carbocycles. The first kappa shape index (κ1) is 32.3. The summed E-state index contributed by atoms with van der Waals surface area (Å²) >= 11 is 0. The number of nitrogens with zero attached hydrogens (tertiary/aromatic N) is 3. The van der Waals surface area contributed by atoms with Crippen molar-refractivity contribution >= 4 is 11.6 Å². The zero-order chi connectivity index (χ0) is 34.4. The van der Waals surface area contributed by atoms with Crippen molar-refractivity contribution in [2.45, 2.75) is 70.5 Å². The summed E-state index contributed by atoms with van der Waals surface area (Å²) in [5, 5.41) is 23.9. The Labute approximate surface area is 296 Å². The lowest BCUT2D eigenvalue weighted by Crippen LogP contribution is -2.67. The molecular weight excluding hydrogens is 619 g/mol. The number of hydrogen-bond donors (Lipinski definition) is 2. The third-order valence-electron chi connectivity index (χ3n) is 15.0. The number of pyridine rings is 1. The highest BCUT2D eigenvalue weighted by Gasteiger charge is 2.74. The van der Waals surface area contributed by atoms with Crippen LogP contribution in [0.3, 0.4) is 0 Å². The second-order valence-corrected chi connectivity index (χ2v) is 17.0. The molecule has 6 nitrogen and oxygen atoms in total. The minimum atomic E-state index is -0.834. The van der Waals surface area contributed by atoms with Gasteiger partial charge < -0.3 is 15.1 Å². The van der Waals surface area contributed by atoms with Gasteiger partial charge in [0, 0.05) is 66.3 Å². The number of fused-ring (bicyclic) bond motifs is 1. The van der Waals surface area contributed by atoms with Gasteiger partial charge in [0.25, 0.3) is 0 Å². The highest BCUT2D eigenvalue weighted by Crippen LogP contribution is 2.78. The van der Waals surface area contributed by atoms with Crippen LogP contribution in [0.1, 0.15) is 69.2 Å². The molecule has 1 aromatic heterocycles. The molecule has 2 spiro atoms. The van der Waals surface area contributed by atoms with Crippen molar-refractivity contribution < 1.29 is 15.0 Å². The number of β-amino-alcohol motifs (C(OH)–C–C–N with tert-alkyl or cyclic N) is 1. The third kappa shape index (κ3) is 4.50. The molecule has 3 saturated carbocycles. The van der Waals surface area contributed by atoms with Gasteiger partial charge in [0.1, 0.15) is 5.82 Å². The number of aliphatic hydroxyl groups is 2. The zero-order valence-electron chi connectivity index (χ0n) is 29.6. The van der Waals surface area contributed by atoms with Crippen LogP contribution in [0.5, 0.6) is 0 Å². The van der Waals surface area contributed by atoms with E-state index in [-0.39, 0.29) is 34.1 Å². The van der Waals surface area contributed by atoms with E-state index < -0.39 is 11.0 Å². The Morgan fingerprint density at radius 3 is 2.22 bits per heavy atom. The lowest BCUT2D eigenvalue weighted by molar-refractivity contribution is -0.176. The molecule has 50 heavy (non-hydrogen) atoms. The molecule has 2 aromatic carbocycles. The van der Waals surface area contributed by atoms with Crippen molar-refractivity contribution in [3.05, 3.63) is 108 Å². The van der Waals surface area contributed by atoms with Crippen LogP contribution >= 0.6 is 0 Å². The Morgan fingerprint density at radius 2 is 1.48 bits per heavy atom. The predicted octanol–water partition coefficient (Wildman–Crippen LogP) is 7.34. The summed E-state index contributed by atoms with van der Waals surface area (Å²) < 4.78 is 0. The number of Topliss-reactive ketones (excluding diaryl/α,β-unsaturated/α-hetero) is 1. The van der Waals surface area contributed by atoms with Gasteiger partial charge in [-0.05, 0) is 85.5 Å². The van der Waals surface area contributed by atoms with Crippen LogP contribution in [0.15, 0.2) is 103 Å². The fourth-order valence-electron chi connectivity index (χ4n) is 12.2. The molecular formula is C44H51N3O3. The van der Waals surface area contributed by atoms with E-state index in [0.717, 1.165) is 92.8 Å². The molecule has 8 atom stereocenters. The molecule has 260 valence electrons. The molecule has 1 saturated heterocycles. The zero-order valence-corrected chi connectivity index (χ0v) is 29.6. The van der Waals surface area contributed by atoms with Gasteiger partial charge in [-0.15, -0.1) is 0 Å². The summed E-state index contributed by atoms with van der Waals surface area (Å²) in [4.78, 5) is 24.4. The summed E-state index contributed by atoms with van der Waals surface area (Å²) in [5.74, 6) is 1.59. The van der Waals surface area contributed by atoms with Gasteiger partial charge in [0.2, 0.25) is 0 Å². The lowest BCUT2D eigenvalue weighted by atomic mass is 9.32. The number of hydrogen-bond acceptors (Lipinski definition) is 6. The minimum absolute atomic E-state index is 0.0359. The Bertz CT molecular complexity index is 1830. The van der Waals surface area contributed by atoms with Crippen molar-refractivity contribution in [2.75, 3.05) is 37.6 Å². The molecule has 0 amide bonds. The van der Waals surface area contributed by atoms with Crippen LogP contribution in [0.2, 0.25) is 0 Å². The molecule has 2 N–H and O–H groups in total. The van der Waals surface area contributed by atoms with E-state index in [1.54, 1.807) is 0 Å². The van der Waals surface area contributed by atoms with E-state index in [2.05, 4.69) is 77.2 Å². The maximum Gasteiger partial charge on any atom is 0.189 e. The highest BCUT2D eigenvalue weighted by atomic mass is 16.3. The first-order valence-electron chi connectivity index (χ1n) is 19.0. The van der Waals surface area contributed by atoms with Crippen molar-refractivity contribution in [3.63, 3.8) is 0 Å². The largest absolute Gasteiger partial charge is 0.393 e. The maximum atomic E-state index is 15.0. The molecule has 4 fully saturated rings. The number of carbonyl (C=O) groups excluding carboxylic acids is 1. The van der Waals surface area contributed by atoms with Gasteiger partial charge in [0.15, 0.2) is 5.78 Å². The van der Waals surface area contributed by atoms with Crippen molar-refractivity contribution in [3.8, 4) is 11.1 Å². The van der Waals surface area contributed by atoms with E-state index in [9.17, 15) is 10.2 Å². The number of ketones is 1. The highest BCUT2D eigenvalue weighted by molar-refractivity contribution is 6.10. The second-order valence-electron chi connectivity index (χ2n) is 17.0. The third-order valence-corrected chi connectivity index (χ3v) is 15.0. The van der Waals surface area contributed by atoms with Crippen LogP contribution < -0.4 is 4.90 Å². The van der Waals surface area contributed by atoms with E-state index in [4.69, 9.17) is 0 Å². The predicted molar refractivity (Wildman–Crippen MR) is 198 cm³/mol. The van der Waals surface area contributed by atoms with Crippen molar-refractivity contribution in [1.82, 2.24) is 9.88 Å². The van der Waals surface area contributed by atoms with Gasteiger partial charge in [-0.3, -0.25) is 9.69 Å². The summed E-state index contributed by atoms with van der Waals surface area (Å²) in [6, 6.07) is 24.6. The number of aromatic nitrogens is 1. The topological polar surface area (TPSA) is 76.9 Å². The smallest absolute Gasteiger partial charge is 0.189 e. The number of carbonyl (C=O) groups is 1. The van der Waals surface area contributed by atoms with Crippen LogP contribution in [-0.2, 0) is 0 Å². The van der Waals surface area contributed by atoms with Gasteiger partial charge in [-0.1, -0.05) is 92.7 Å². The fourth-order valence-corrected chi connectivity index (χ4v) is 12.2. The molecule has 0 radical (unpaired) electrons. The lowest BCUT2D eigenvalue weighted by Gasteiger charge is -2.71. The summed E-state index contributed by atoms with van der Waals surface area (Å²) in [6.07, 6.45) is 14.7. The van der Waals surface area contributed by atoms with Crippen LogP contribution in [-0.4, -0.2) is 70.3 Å². The number of piperazine rings is 1. The van der Waals surface area contributed by atoms with E-state index >= 15 is 4.79 Å². The Kier molecular flexibility index (Phi) is 7.41. The maximum absolute atomic E-state index is 15.0. The molecule has 3 aromatic rings. The SMILES string of the molecule is CC12CCC(O)CC13C=CC1(C(C(=O)c4ccc(-c5ccccc5)cc4)=C3)C2CCC2(C)C1CCC2(O)CN1CCN(c2ccccn2)CC1. The number of allylic oxidation sites excluding steroid dienone is 4. The molecule has 2 bridgehead atoms. The molecule has 10 rings (SSSR count). The van der Waals surface area contributed by atoms with Crippen molar-refractivity contribution in [1.29, 1.82) is 0 Å². The van der Waals surface area contributed by atoms with Crippen LogP contribution in [0.25, 0.3) is 11.1 Å². The Hall–Kier alpha value is -3.58.